The van der Waals surface area contributed by atoms with E-state index in [1.54, 1.807) is 32.2 Å². The van der Waals surface area contributed by atoms with Crippen molar-refractivity contribution in [3.63, 3.8) is 0 Å². The second-order valence-electron chi connectivity index (χ2n) is 7.52. The van der Waals surface area contributed by atoms with Gasteiger partial charge in [-0.05, 0) is 48.2 Å². The molecule has 1 aliphatic rings. The van der Waals surface area contributed by atoms with Gasteiger partial charge in [0, 0.05) is 11.8 Å². The molecule has 7 nitrogen and oxygen atoms in total. The molecule has 1 N–H and O–H groups in total. The first-order valence-corrected chi connectivity index (χ1v) is 11.1. The van der Waals surface area contributed by atoms with E-state index in [1.807, 2.05) is 23.6 Å². The highest BCUT2D eigenvalue weighted by atomic mass is 32.1. The molecule has 10 heteroatoms. The monoisotopic (exact) mass is 480 g/mol. The number of anilines is 1. The van der Waals surface area contributed by atoms with Crippen LogP contribution in [0.5, 0.6) is 5.75 Å². The van der Waals surface area contributed by atoms with Crippen molar-refractivity contribution in [1.82, 2.24) is 15.5 Å². The van der Waals surface area contributed by atoms with Crippen molar-refractivity contribution in [2.24, 2.45) is 0 Å². The first kappa shape index (κ1) is 21.8. The third-order valence-electron chi connectivity index (χ3n) is 5.42. The summed E-state index contributed by atoms with van der Waals surface area (Å²) in [6.07, 6.45) is 0. The van der Waals surface area contributed by atoms with Gasteiger partial charge in [0.1, 0.15) is 17.4 Å². The van der Waals surface area contributed by atoms with Crippen LogP contribution in [0.2, 0.25) is 0 Å². The highest BCUT2D eigenvalue weighted by molar-refractivity contribution is 7.13. The van der Waals surface area contributed by atoms with Gasteiger partial charge in [0.05, 0.1) is 29.3 Å². The number of rotatable bonds is 5. The number of carbonyl (C=O) groups is 1. The molecule has 0 spiro atoms. The zero-order chi connectivity index (χ0) is 23.8. The first-order chi connectivity index (χ1) is 16.4. The Morgan fingerprint density at radius 2 is 1.91 bits per heavy atom. The van der Waals surface area contributed by atoms with Crippen LogP contribution < -0.4 is 15.0 Å². The fourth-order valence-corrected chi connectivity index (χ4v) is 4.56. The van der Waals surface area contributed by atoms with E-state index in [-0.39, 0.29) is 11.6 Å². The minimum absolute atomic E-state index is 0.0343. The molecule has 0 bridgehead atoms. The Morgan fingerprint density at radius 1 is 1.12 bits per heavy atom. The molecular weight excluding hydrogens is 462 g/mol. The molecule has 3 heterocycles. The number of nitrogens with one attached hydrogen (secondary N) is 1. The maximum atomic E-state index is 14.0. The second kappa shape index (κ2) is 8.71. The zero-order valence-electron chi connectivity index (χ0n) is 18.1. The summed E-state index contributed by atoms with van der Waals surface area (Å²) < 4.78 is 38.9. The van der Waals surface area contributed by atoms with E-state index in [0.717, 1.165) is 23.1 Å². The van der Waals surface area contributed by atoms with E-state index in [0.29, 0.717) is 28.4 Å². The lowest BCUT2D eigenvalue weighted by Gasteiger charge is -2.35. The molecule has 0 saturated carbocycles. The van der Waals surface area contributed by atoms with Crippen LogP contribution in [0, 0.1) is 11.6 Å². The Balaban J connectivity index is 1.68. The van der Waals surface area contributed by atoms with Gasteiger partial charge < -0.3 is 14.6 Å². The number of halogens is 2. The zero-order valence-corrected chi connectivity index (χ0v) is 18.9. The van der Waals surface area contributed by atoms with Gasteiger partial charge in [-0.3, -0.25) is 4.90 Å². The van der Waals surface area contributed by atoms with Crippen molar-refractivity contribution in [2.45, 2.75) is 13.0 Å². The molecule has 0 fully saturated rings. The van der Waals surface area contributed by atoms with Crippen molar-refractivity contribution in [2.75, 3.05) is 12.0 Å². The molecule has 4 aromatic rings. The van der Waals surface area contributed by atoms with Gasteiger partial charge in [-0.15, -0.1) is 11.3 Å². The predicted octanol–water partition coefficient (Wildman–Crippen LogP) is 5.79. The Morgan fingerprint density at radius 3 is 2.62 bits per heavy atom. The van der Waals surface area contributed by atoms with Gasteiger partial charge in [-0.2, -0.15) is 4.98 Å². The number of nitrogens with zero attached hydrogens (tertiary/aromatic N) is 3. The van der Waals surface area contributed by atoms with Crippen LogP contribution in [-0.2, 0) is 0 Å². The molecule has 2 aromatic carbocycles. The molecular formula is C24H18F2N4O3S. The van der Waals surface area contributed by atoms with E-state index in [2.05, 4.69) is 15.5 Å². The predicted molar refractivity (Wildman–Crippen MR) is 123 cm³/mol. The van der Waals surface area contributed by atoms with Crippen LogP contribution in [0.3, 0.4) is 0 Å². The normalized spacial score (nSPS) is 16.1. The lowest BCUT2D eigenvalue weighted by molar-refractivity contribution is 0.244. The summed E-state index contributed by atoms with van der Waals surface area (Å²) in [5.74, 6) is -0.427. The van der Waals surface area contributed by atoms with E-state index >= 15 is 0 Å². The van der Waals surface area contributed by atoms with Crippen LogP contribution in [-0.4, -0.2) is 23.3 Å². The Bertz CT molecular complexity index is 1380. The van der Waals surface area contributed by atoms with E-state index in [4.69, 9.17) is 9.26 Å². The Hall–Kier alpha value is -4.05. The van der Waals surface area contributed by atoms with Crippen molar-refractivity contribution in [3.8, 4) is 16.5 Å². The Kier molecular flexibility index (Phi) is 5.58. The topological polar surface area (TPSA) is 80.5 Å². The number of methoxy groups -OCH3 is 1. The molecule has 0 radical (unpaired) electrons. The van der Waals surface area contributed by atoms with Gasteiger partial charge in [0.25, 0.3) is 5.89 Å². The molecule has 1 aliphatic heterocycles. The number of benzene rings is 2. The van der Waals surface area contributed by atoms with Crippen molar-refractivity contribution in [3.05, 3.63) is 88.8 Å². The highest BCUT2D eigenvalue weighted by Crippen LogP contribution is 2.40. The molecule has 2 amide bonds. The minimum Gasteiger partial charge on any atom is -0.497 e. The Labute approximate surface area is 197 Å². The third kappa shape index (κ3) is 3.92. The largest absolute Gasteiger partial charge is 0.497 e. The average molecular weight is 480 g/mol. The summed E-state index contributed by atoms with van der Waals surface area (Å²) in [5.41, 5.74) is 1.63. The number of ether oxygens (including phenoxy) is 1. The van der Waals surface area contributed by atoms with Crippen LogP contribution in [0.1, 0.15) is 24.4 Å². The maximum absolute atomic E-state index is 14.0. The van der Waals surface area contributed by atoms with Crippen molar-refractivity contribution < 1.29 is 22.8 Å². The van der Waals surface area contributed by atoms with E-state index in [1.165, 1.54) is 16.2 Å². The second-order valence-corrected chi connectivity index (χ2v) is 8.47. The molecule has 1 unspecified atom stereocenters. The smallest absolute Gasteiger partial charge is 0.327 e. The quantitative estimate of drug-likeness (QED) is 0.391. The van der Waals surface area contributed by atoms with Crippen molar-refractivity contribution >= 4 is 28.6 Å². The van der Waals surface area contributed by atoms with Crippen LogP contribution in [0.4, 0.5) is 19.3 Å². The lowest BCUT2D eigenvalue weighted by Crippen LogP contribution is -2.46. The summed E-state index contributed by atoms with van der Waals surface area (Å²) in [5, 5.41) is 8.89. The highest BCUT2D eigenvalue weighted by Gasteiger charge is 2.37. The summed E-state index contributed by atoms with van der Waals surface area (Å²) in [6.45, 7) is 1.67. The number of urea groups is 1. The van der Waals surface area contributed by atoms with E-state index in [9.17, 15) is 13.6 Å². The number of hydrogen-bond acceptors (Lipinski definition) is 6. The molecule has 0 saturated heterocycles. The number of thiophene rings is 1. The van der Waals surface area contributed by atoms with Crippen LogP contribution in [0.15, 0.2) is 70.2 Å². The molecule has 0 aliphatic carbocycles. The lowest BCUT2D eigenvalue weighted by atomic mass is 9.94. The standard InChI is InChI=1S/C24H18F2N4O3S/c1-13-20(23-28-22(29-33-23)19-7-4-8-34-19)21(14-5-3-6-18(9-14)32-2)27-24(31)30(13)17-11-15(25)10-16(26)12-17/h3-12,21H,1-2H3,(H,27,31). The molecule has 172 valence electrons. The van der Waals surface area contributed by atoms with Crippen LogP contribution >= 0.6 is 11.3 Å². The number of hydrogen-bond donors (Lipinski definition) is 1. The SMILES string of the molecule is COc1cccc(C2NC(=O)N(c3cc(F)cc(F)c3)C(C)=C2c2nc(-c3cccs3)no2)c1. The van der Waals surface area contributed by atoms with Crippen LogP contribution in [0.25, 0.3) is 16.3 Å². The number of carbonyl (C=O) groups excluding carboxylic acids is 1. The number of aromatic nitrogens is 2. The van der Waals surface area contributed by atoms with Gasteiger partial charge >= 0.3 is 6.03 Å². The third-order valence-corrected chi connectivity index (χ3v) is 6.28. The first-order valence-electron chi connectivity index (χ1n) is 10.2. The maximum Gasteiger partial charge on any atom is 0.327 e. The summed E-state index contributed by atoms with van der Waals surface area (Å²) >= 11 is 1.46. The minimum atomic E-state index is -0.801. The summed E-state index contributed by atoms with van der Waals surface area (Å²) in [7, 11) is 1.55. The number of allylic oxidation sites excluding steroid dienone is 1. The molecule has 1 atom stereocenters. The fraction of sp³-hybridized carbons (Fsp3) is 0.125. The van der Waals surface area contributed by atoms with E-state index < -0.39 is 23.7 Å². The fourth-order valence-electron chi connectivity index (χ4n) is 3.91. The number of amides is 2. The van der Waals surface area contributed by atoms with Gasteiger partial charge in [0.2, 0.25) is 5.82 Å². The molecule has 5 rings (SSSR count). The van der Waals surface area contributed by atoms with Gasteiger partial charge in [-0.25, -0.2) is 13.6 Å². The van der Waals surface area contributed by atoms with Gasteiger partial charge in [-0.1, -0.05) is 23.4 Å². The summed E-state index contributed by atoms with van der Waals surface area (Å²) in [6, 6.07) is 12.6. The average Bonchev–Trinajstić information content (AvgIpc) is 3.50. The van der Waals surface area contributed by atoms with Crippen molar-refractivity contribution in [1.29, 1.82) is 0 Å². The van der Waals surface area contributed by atoms with Gasteiger partial charge in [0.15, 0.2) is 0 Å². The summed E-state index contributed by atoms with van der Waals surface area (Å²) in [4.78, 5) is 19.7. The molecule has 2 aromatic heterocycles. The molecule has 34 heavy (non-hydrogen) atoms.